The van der Waals surface area contributed by atoms with Crippen LogP contribution in [-0.2, 0) is 19.1 Å². The van der Waals surface area contributed by atoms with E-state index in [2.05, 4.69) is 5.32 Å². The number of ether oxygens (including phenoxy) is 1. The van der Waals surface area contributed by atoms with Gasteiger partial charge in [-0.25, -0.2) is 4.79 Å². The number of carbonyl (C=O) groups is 3. The number of thioether (sulfide) groups is 1. The third-order valence-electron chi connectivity index (χ3n) is 4.73. The number of esters is 1. The molecule has 2 atom stereocenters. The van der Waals surface area contributed by atoms with Crippen LogP contribution >= 0.6 is 11.8 Å². The average Bonchev–Trinajstić information content (AvgIpc) is 3.09. The number of carbonyl (C=O) groups excluding carboxylic acids is 3. The van der Waals surface area contributed by atoms with Crippen molar-refractivity contribution < 1.29 is 19.1 Å². The smallest absolute Gasteiger partial charge is 0.330 e. The highest BCUT2D eigenvalue weighted by molar-refractivity contribution is 8.01. The fourth-order valence-corrected chi connectivity index (χ4v) is 4.68. The molecular formula is C18H23N3O4S. The second-order valence-electron chi connectivity index (χ2n) is 6.86. The van der Waals surface area contributed by atoms with E-state index in [9.17, 15) is 14.4 Å². The van der Waals surface area contributed by atoms with Gasteiger partial charge in [0.15, 0.2) is 6.61 Å². The summed E-state index contributed by atoms with van der Waals surface area (Å²) in [7, 11) is 3.87. The van der Waals surface area contributed by atoms with Crippen molar-refractivity contribution in [3.63, 3.8) is 0 Å². The van der Waals surface area contributed by atoms with Crippen molar-refractivity contribution in [3.05, 3.63) is 24.3 Å². The number of hydrogen-bond donors (Lipinski definition) is 1. The van der Waals surface area contributed by atoms with Crippen LogP contribution in [0.3, 0.4) is 0 Å². The number of nitrogens with one attached hydrogen (secondary N) is 1. The number of benzene rings is 1. The van der Waals surface area contributed by atoms with E-state index in [-0.39, 0.29) is 17.4 Å². The van der Waals surface area contributed by atoms with Crippen molar-refractivity contribution in [2.45, 2.75) is 30.7 Å². The van der Waals surface area contributed by atoms with Gasteiger partial charge in [-0.3, -0.25) is 9.59 Å². The molecule has 2 amide bonds. The maximum Gasteiger partial charge on any atom is 0.330 e. The number of rotatable bonds is 5. The Labute approximate surface area is 157 Å². The summed E-state index contributed by atoms with van der Waals surface area (Å²) in [6.45, 7) is 1.61. The van der Waals surface area contributed by atoms with E-state index in [4.69, 9.17) is 4.74 Å². The van der Waals surface area contributed by atoms with Gasteiger partial charge in [0.25, 0.3) is 5.91 Å². The minimum atomic E-state index is -0.604. The fraction of sp³-hybridized carbons (Fsp3) is 0.500. The van der Waals surface area contributed by atoms with Crippen LogP contribution in [0.25, 0.3) is 0 Å². The Morgan fingerprint density at radius 1 is 1.35 bits per heavy atom. The number of hydrogen-bond acceptors (Lipinski definition) is 6. The zero-order valence-electron chi connectivity index (χ0n) is 15.2. The Balaban J connectivity index is 1.51. The van der Waals surface area contributed by atoms with Gasteiger partial charge in [-0.05, 0) is 37.6 Å². The van der Waals surface area contributed by atoms with Gasteiger partial charge in [0, 0.05) is 37.6 Å². The summed E-state index contributed by atoms with van der Waals surface area (Å²) < 4.78 is 5.16. The maximum absolute atomic E-state index is 12.3. The van der Waals surface area contributed by atoms with Crippen LogP contribution in [0.5, 0.6) is 0 Å². The Morgan fingerprint density at radius 2 is 2.04 bits per heavy atom. The summed E-state index contributed by atoms with van der Waals surface area (Å²) in [5.41, 5.74) is 1.65. The Morgan fingerprint density at radius 3 is 2.69 bits per heavy atom. The Bertz CT molecular complexity index is 722. The lowest BCUT2D eigenvalue weighted by Crippen LogP contribution is -2.47. The average molecular weight is 377 g/mol. The van der Waals surface area contributed by atoms with E-state index in [1.807, 2.05) is 38.1 Å². The molecule has 0 unspecified atom stereocenters. The predicted molar refractivity (Wildman–Crippen MR) is 101 cm³/mol. The van der Waals surface area contributed by atoms with Crippen molar-refractivity contribution in [2.24, 2.45) is 0 Å². The van der Waals surface area contributed by atoms with E-state index in [0.29, 0.717) is 17.9 Å². The molecule has 2 fully saturated rings. The second-order valence-corrected chi connectivity index (χ2v) is 8.36. The lowest BCUT2D eigenvalue weighted by atomic mass is 10.2. The number of anilines is 2. The normalized spacial score (nSPS) is 24.3. The monoisotopic (exact) mass is 377 g/mol. The Hall–Kier alpha value is -2.22. The van der Waals surface area contributed by atoms with Gasteiger partial charge in [-0.15, -0.1) is 11.8 Å². The number of fused-ring (bicyclic) bond motifs is 1. The molecule has 2 heterocycles. The first-order chi connectivity index (χ1) is 12.3. The van der Waals surface area contributed by atoms with Gasteiger partial charge in [0.1, 0.15) is 6.04 Å². The van der Waals surface area contributed by atoms with Gasteiger partial charge < -0.3 is 19.9 Å². The molecule has 0 aromatic heterocycles. The third kappa shape index (κ3) is 3.65. The van der Waals surface area contributed by atoms with Crippen LogP contribution in [0.4, 0.5) is 11.4 Å². The lowest BCUT2D eigenvalue weighted by Gasteiger charge is -2.29. The predicted octanol–water partition coefficient (Wildman–Crippen LogP) is 1.69. The standard InChI is InChI=1S/C18H23N3O4S/c1-18-9-8-16(23)21(18)14(11-26-18)17(24)25-10-15(22)19-12-4-6-13(7-5-12)20(2)3/h4-7,14H,8-11H2,1-3H3,(H,19,22)/t14-,18+/m1/s1. The lowest BCUT2D eigenvalue weighted by molar-refractivity contribution is -0.155. The first-order valence-electron chi connectivity index (χ1n) is 8.50. The molecule has 2 aliphatic heterocycles. The van der Waals surface area contributed by atoms with Crippen LogP contribution < -0.4 is 10.2 Å². The Kier molecular flexibility index (Phi) is 5.13. The first kappa shape index (κ1) is 18.6. The molecule has 0 spiro atoms. The van der Waals surface area contributed by atoms with Crippen LogP contribution in [-0.4, -0.2) is 60.1 Å². The van der Waals surface area contributed by atoms with Crippen molar-refractivity contribution >= 4 is 40.9 Å². The fourth-order valence-electron chi connectivity index (χ4n) is 3.27. The molecule has 0 aliphatic carbocycles. The molecule has 1 N–H and O–H groups in total. The first-order valence-corrected chi connectivity index (χ1v) is 9.49. The molecule has 8 heteroatoms. The molecule has 3 rings (SSSR count). The summed E-state index contributed by atoms with van der Waals surface area (Å²) in [4.78, 5) is 39.7. The van der Waals surface area contributed by atoms with Crippen LogP contribution in [0.2, 0.25) is 0 Å². The minimum Gasteiger partial charge on any atom is -0.454 e. The van der Waals surface area contributed by atoms with Crippen molar-refractivity contribution in [1.82, 2.24) is 4.90 Å². The van der Waals surface area contributed by atoms with Gasteiger partial charge in [-0.2, -0.15) is 0 Å². The molecule has 2 aliphatic rings. The summed E-state index contributed by atoms with van der Waals surface area (Å²) in [6, 6.07) is 6.75. The van der Waals surface area contributed by atoms with E-state index >= 15 is 0 Å². The van der Waals surface area contributed by atoms with E-state index in [1.165, 1.54) is 0 Å². The van der Waals surface area contributed by atoms with E-state index in [1.54, 1.807) is 28.8 Å². The third-order valence-corrected chi connectivity index (χ3v) is 6.24. The zero-order chi connectivity index (χ0) is 18.9. The van der Waals surface area contributed by atoms with Gasteiger partial charge >= 0.3 is 5.97 Å². The SMILES string of the molecule is CN(C)c1ccc(NC(=O)COC(=O)[C@H]2CS[C@@]3(C)CCC(=O)N23)cc1. The molecule has 140 valence electrons. The quantitative estimate of drug-likeness (QED) is 0.787. The number of amides is 2. The van der Waals surface area contributed by atoms with Crippen LogP contribution in [0.1, 0.15) is 19.8 Å². The molecular weight excluding hydrogens is 354 g/mol. The van der Waals surface area contributed by atoms with Gasteiger partial charge in [0.2, 0.25) is 5.91 Å². The van der Waals surface area contributed by atoms with Crippen molar-refractivity contribution in [1.29, 1.82) is 0 Å². The van der Waals surface area contributed by atoms with Crippen LogP contribution in [0, 0.1) is 0 Å². The minimum absolute atomic E-state index is 0.0233. The molecule has 1 aromatic rings. The molecule has 0 bridgehead atoms. The highest BCUT2D eigenvalue weighted by atomic mass is 32.2. The number of nitrogens with zero attached hydrogens (tertiary/aromatic N) is 2. The molecule has 0 saturated carbocycles. The zero-order valence-corrected chi connectivity index (χ0v) is 16.0. The summed E-state index contributed by atoms with van der Waals surface area (Å²) in [5.74, 6) is -0.439. The largest absolute Gasteiger partial charge is 0.454 e. The summed E-state index contributed by atoms with van der Waals surface area (Å²) in [5, 5.41) is 2.70. The van der Waals surface area contributed by atoms with E-state index < -0.39 is 17.9 Å². The topological polar surface area (TPSA) is 79.0 Å². The molecule has 1 aromatic carbocycles. The molecule has 26 heavy (non-hydrogen) atoms. The van der Waals surface area contributed by atoms with Crippen molar-refractivity contribution in [2.75, 3.05) is 36.7 Å². The molecule has 0 radical (unpaired) electrons. The van der Waals surface area contributed by atoms with Gasteiger partial charge in [0.05, 0.1) is 4.87 Å². The van der Waals surface area contributed by atoms with Crippen LogP contribution in [0.15, 0.2) is 24.3 Å². The second kappa shape index (κ2) is 7.19. The molecule has 7 nitrogen and oxygen atoms in total. The van der Waals surface area contributed by atoms with Crippen molar-refractivity contribution in [3.8, 4) is 0 Å². The van der Waals surface area contributed by atoms with E-state index in [0.717, 1.165) is 12.1 Å². The highest BCUT2D eigenvalue weighted by Gasteiger charge is 2.53. The van der Waals surface area contributed by atoms with Gasteiger partial charge in [-0.1, -0.05) is 0 Å². The maximum atomic E-state index is 12.3. The summed E-state index contributed by atoms with van der Waals surface area (Å²) >= 11 is 1.60. The molecule has 2 saturated heterocycles. The highest BCUT2D eigenvalue weighted by Crippen LogP contribution is 2.47. The summed E-state index contributed by atoms with van der Waals surface area (Å²) in [6.07, 6.45) is 1.19.